The molecule has 0 nitrogen and oxygen atoms in total. The van der Waals surface area contributed by atoms with Crippen molar-refractivity contribution in [1.82, 2.24) is 0 Å². The fourth-order valence-corrected chi connectivity index (χ4v) is 3.36. The Morgan fingerprint density at radius 2 is 1.94 bits per heavy atom. The SMILES string of the molecule is Cc1ccsc1C(Br)c1ccc(F)c(F)c1. The predicted molar refractivity (Wildman–Crippen MR) is 66.2 cm³/mol. The van der Waals surface area contributed by atoms with E-state index >= 15 is 0 Å². The first-order valence-corrected chi connectivity index (χ1v) is 6.52. The quantitative estimate of drug-likeness (QED) is 0.698. The van der Waals surface area contributed by atoms with E-state index in [9.17, 15) is 8.78 Å². The van der Waals surface area contributed by atoms with Gasteiger partial charge in [0.1, 0.15) is 0 Å². The average molecular weight is 303 g/mol. The van der Waals surface area contributed by atoms with Crippen molar-refractivity contribution in [2.75, 3.05) is 0 Å². The van der Waals surface area contributed by atoms with Gasteiger partial charge in [0, 0.05) is 4.88 Å². The van der Waals surface area contributed by atoms with Gasteiger partial charge in [-0.25, -0.2) is 8.78 Å². The second-order valence-corrected chi connectivity index (χ2v) is 5.37. The number of rotatable bonds is 2. The summed E-state index contributed by atoms with van der Waals surface area (Å²) in [6.07, 6.45) is 0. The second kappa shape index (κ2) is 4.63. The Hall–Kier alpha value is -0.740. The molecule has 0 saturated carbocycles. The number of alkyl halides is 1. The molecule has 1 aromatic heterocycles. The van der Waals surface area contributed by atoms with Crippen LogP contribution in [-0.2, 0) is 0 Å². The molecule has 0 amide bonds. The molecule has 0 N–H and O–H groups in total. The minimum Gasteiger partial charge on any atom is -0.204 e. The minimum atomic E-state index is -0.814. The lowest BCUT2D eigenvalue weighted by molar-refractivity contribution is 0.507. The van der Waals surface area contributed by atoms with Gasteiger partial charge < -0.3 is 0 Å². The lowest BCUT2D eigenvalue weighted by atomic mass is 10.1. The maximum absolute atomic E-state index is 13.1. The lowest BCUT2D eigenvalue weighted by Gasteiger charge is -2.10. The summed E-state index contributed by atoms with van der Waals surface area (Å²) < 4.78 is 25.9. The van der Waals surface area contributed by atoms with Crippen molar-refractivity contribution in [1.29, 1.82) is 0 Å². The van der Waals surface area contributed by atoms with Crippen LogP contribution < -0.4 is 0 Å². The van der Waals surface area contributed by atoms with Crippen LogP contribution in [0.5, 0.6) is 0 Å². The number of hydrogen-bond acceptors (Lipinski definition) is 1. The third-order valence-electron chi connectivity index (χ3n) is 2.37. The molecule has 0 radical (unpaired) electrons. The number of aryl methyl sites for hydroxylation is 1. The molecule has 0 aliphatic carbocycles. The number of halogens is 3. The second-order valence-electron chi connectivity index (χ2n) is 3.50. The van der Waals surface area contributed by atoms with Crippen LogP contribution in [0, 0.1) is 18.6 Å². The Kier molecular flexibility index (Phi) is 3.40. The molecule has 84 valence electrons. The Bertz CT molecular complexity index is 507. The van der Waals surface area contributed by atoms with Crippen molar-refractivity contribution in [3.05, 3.63) is 57.3 Å². The van der Waals surface area contributed by atoms with Gasteiger partial charge in [-0.2, -0.15) is 0 Å². The van der Waals surface area contributed by atoms with Crippen molar-refractivity contribution < 1.29 is 8.78 Å². The zero-order valence-electron chi connectivity index (χ0n) is 8.51. The molecule has 4 heteroatoms. The van der Waals surface area contributed by atoms with Crippen LogP contribution in [0.1, 0.15) is 20.8 Å². The Balaban J connectivity index is 2.38. The molecule has 0 aliphatic rings. The fraction of sp³-hybridized carbons (Fsp3) is 0.167. The van der Waals surface area contributed by atoms with Gasteiger partial charge >= 0.3 is 0 Å². The maximum Gasteiger partial charge on any atom is 0.159 e. The Morgan fingerprint density at radius 1 is 1.19 bits per heavy atom. The molecule has 1 atom stereocenters. The summed E-state index contributed by atoms with van der Waals surface area (Å²) in [7, 11) is 0. The molecule has 1 aromatic carbocycles. The summed E-state index contributed by atoms with van der Waals surface area (Å²) in [5.41, 5.74) is 1.88. The molecule has 0 fully saturated rings. The smallest absolute Gasteiger partial charge is 0.159 e. The number of benzene rings is 1. The lowest BCUT2D eigenvalue weighted by Crippen LogP contribution is -1.94. The topological polar surface area (TPSA) is 0 Å². The summed E-state index contributed by atoms with van der Waals surface area (Å²) in [5.74, 6) is -1.62. The standard InChI is InChI=1S/C12H9BrF2S/c1-7-4-5-16-12(7)11(13)8-2-3-9(14)10(15)6-8/h2-6,11H,1H3. The van der Waals surface area contributed by atoms with Gasteiger partial charge in [0.25, 0.3) is 0 Å². The van der Waals surface area contributed by atoms with Crippen molar-refractivity contribution in [3.8, 4) is 0 Å². The van der Waals surface area contributed by atoms with Crippen molar-refractivity contribution in [2.45, 2.75) is 11.8 Å². The molecule has 16 heavy (non-hydrogen) atoms. The first-order chi connectivity index (χ1) is 7.59. The molecule has 0 bridgehead atoms. The fourth-order valence-electron chi connectivity index (χ4n) is 1.47. The summed E-state index contributed by atoms with van der Waals surface area (Å²) in [6, 6.07) is 5.99. The minimum absolute atomic E-state index is 0.0809. The van der Waals surface area contributed by atoms with E-state index in [1.807, 2.05) is 18.4 Å². The largest absolute Gasteiger partial charge is 0.204 e. The van der Waals surface area contributed by atoms with E-state index in [1.165, 1.54) is 6.07 Å². The van der Waals surface area contributed by atoms with E-state index < -0.39 is 11.6 Å². The molecule has 1 heterocycles. The Morgan fingerprint density at radius 3 is 2.50 bits per heavy atom. The van der Waals surface area contributed by atoms with Gasteiger partial charge in [0.05, 0.1) is 4.83 Å². The van der Waals surface area contributed by atoms with Crippen molar-refractivity contribution in [3.63, 3.8) is 0 Å². The number of thiophene rings is 1. The van der Waals surface area contributed by atoms with Gasteiger partial charge in [0.2, 0.25) is 0 Å². The van der Waals surface area contributed by atoms with Crippen LogP contribution in [0.4, 0.5) is 8.78 Å². The van der Waals surface area contributed by atoms with Crippen LogP contribution in [0.3, 0.4) is 0 Å². The Labute approximate surface area is 105 Å². The van der Waals surface area contributed by atoms with Gasteiger partial charge in [0.15, 0.2) is 11.6 Å². The zero-order chi connectivity index (χ0) is 11.7. The van der Waals surface area contributed by atoms with E-state index in [4.69, 9.17) is 0 Å². The van der Waals surface area contributed by atoms with Gasteiger partial charge in [-0.3, -0.25) is 0 Å². The summed E-state index contributed by atoms with van der Waals surface area (Å²) >= 11 is 5.10. The van der Waals surface area contributed by atoms with E-state index in [0.717, 1.165) is 22.1 Å². The van der Waals surface area contributed by atoms with E-state index in [1.54, 1.807) is 17.4 Å². The average Bonchev–Trinajstić information content (AvgIpc) is 2.67. The molecule has 0 spiro atoms. The molecular formula is C12H9BrF2S. The highest BCUT2D eigenvalue weighted by atomic mass is 79.9. The van der Waals surface area contributed by atoms with E-state index in [-0.39, 0.29) is 4.83 Å². The molecule has 2 aromatic rings. The van der Waals surface area contributed by atoms with Gasteiger partial charge in [-0.05, 0) is 41.6 Å². The number of hydrogen-bond donors (Lipinski definition) is 0. The third-order valence-corrected chi connectivity index (χ3v) is 4.74. The maximum atomic E-state index is 13.1. The summed E-state index contributed by atoms with van der Waals surface area (Å²) in [6.45, 7) is 2.00. The van der Waals surface area contributed by atoms with Crippen LogP contribution in [0.15, 0.2) is 29.6 Å². The first-order valence-electron chi connectivity index (χ1n) is 4.72. The van der Waals surface area contributed by atoms with Crippen LogP contribution in [-0.4, -0.2) is 0 Å². The zero-order valence-corrected chi connectivity index (χ0v) is 10.9. The van der Waals surface area contributed by atoms with E-state index in [0.29, 0.717) is 0 Å². The molecule has 0 saturated heterocycles. The van der Waals surface area contributed by atoms with Crippen LogP contribution in [0.25, 0.3) is 0 Å². The normalized spacial score (nSPS) is 12.8. The highest BCUT2D eigenvalue weighted by Gasteiger charge is 2.15. The van der Waals surface area contributed by atoms with Gasteiger partial charge in [-0.1, -0.05) is 22.0 Å². The molecule has 0 aliphatic heterocycles. The van der Waals surface area contributed by atoms with Crippen LogP contribution in [0.2, 0.25) is 0 Å². The van der Waals surface area contributed by atoms with Crippen molar-refractivity contribution >= 4 is 27.3 Å². The summed E-state index contributed by atoms with van der Waals surface area (Å²) in [5, 5.41) is 1.98. The highest BCUT2D eigenvalue weighted by Crippen LogP contribution is 2.36. The van der Waals surface area contributed by atoms with E-state index in [2.05, 4.69) is 15.9 Å². The molecule has 2 rings (SSSR count). The predicted octanol–water partition coefficient (Wildman–Crippen LogP) is 4.82. The monoisotopic (exact) mass is 302 g/mol. The van der Waals surface area contributed by atoms with Gasteiger partial charge in [-0.15, -0.1) is 11.3 Å². The first kappa shape index (κ1) is 11.7. The highest BCUT2D eigenvalue weighted by molar-refractivity contribution is 9.09. The molecular weight excluding hydrogens is 294 g/mol. The molecule has 1 unspecified atom stereocenters. The van der Waals surface area contributed by atoms with Crippen molar-refractivity contribution in [2.24, 2.45) is 0 Å². The van der Waals surface area contributed by atoms with Crippen LogP contribution >= 0.6 is 27.3 Å². The third kappa shape index (κ3) is 2.18. The summed E-state index contributed by atoms with van der Waals surface area (Å²) in [4.78, 5) is 1.04.